The number of methoxy groups -OCH3 is 1. The standard InChI is InChI=1S/C9H11BrClNO/c1-6-3-7(11)4-8(12-5-10)9(6)13-2/h3-4,12H,5H2,1-2H3. The first kappa shape index (κ1) is 10.7. The fraction of sp³-hybridized carbons (Fsp3) is 0.333. The summed E-state index contributed by atoms with van der Waals surface area (Å²) < 4.78 is 5.24. The van der Waals surface area contributed by atoms with E-state index in [1.165, 1.54) is 0 Å². The van der Waals surface area contributed by atoms with Gasteiger partial charge in [-0.15, -0.1) is 0 Å². The molecule has 0 aliphatic carbocycles. The molecule has 0 fully saturated rings. The number of rotatable bonds is 3. The zero-order chi connectivity index (χ0) is 9.84. The van der Waals surface area contributed by atoms with Gasteiger partial charge in [-0.05, 0) is 24.6 Å². The second-order valence-corrected chi connectivity index (χ2v) is 3.61. The number of hydrogen-bond acceptors (Lipinski definition) is 2. The second kappa shape index (κ2) is 4.72. The van der Waals surface area contributed by atoms with E-state index >= 15 is 0 Å². The highest BCUT2D eigenvalue weighted by Crippen LogP contribution is 2.31. The topological polar surface area (TPSA) is 21.3 Å². The Labute approximate surface area is 91.4 Å². The SMILES string of the molecule is COc1c(C)cc(Cl)cc1NCBr. The van der Waals surface area contributed by atoms with Crippen molar-refractivity contribution in [3.05, 3.63) is 22.7 Å². The summed E-state index contributed by atoms with van der Waals surface area (Å²) in [5.41, 5.74) is 2.60. The third kappa shape index (κ3) is 2.51. The lowest BCUT2D eigenvalue weighted by atomic mass is 10.2. The van der Waals surface area contributed by atoms with Crippen molar-refractivity contribution in [2.45, 2.75) is 6.92 Å². The molecule has 0 radical (unpaired) electrons. The number of halogens is 2. The van der Waals surface area contributed by atoms with Crippen LogP contribution in [0, 0.1) is 6.92 Å². The maximum atomic E-state index is 5.90. The molecule has 1 aromatic carbocycles. The van der Waals surface area contributed by atoms with Gasteiger partial charge in [-0.3, -0.25) is 0 Å². The Balaban J connectivity index is 3.13. The molecule has 0 saturated heterocycles. The number of hydrogen-bond donors (Lipinski definition) is 1. The van der Waals surface area contributed by atoms with Crippen molar-refractivity contribution in [3.8, 4) is 5.75 Å². The van der Waals surface area contributed by atoms with Crippen LogP contribution in [0.25, 0.3) is 0 Å². The molecule has 0 aliphatic rings. The van der Waals surface area contributed by atoms with Crippen LogP contribution in [0.4, 0.5) is 5.69 Å². The summed E-state index contributed by atoms with van der Waals surface area (Å²) in [6.07, 6.45) is 0. The van der Waals surface area contributed by atoms with Gasteiger partial charge in [0.1, 0.15) is 5.75 Å². The molecule has 1 aromatic rings. The molecule has 0 amide bonds. The quantitative estimate of drug-likeness (QED) is 0.667. The van der Waals surface area contributed by atoms with E-state index in [0.717, 1.165) is 17.0 Å². The zero-order valence-electron chi connectivity index (χ0n) is 7.53. The highest BCUT2D eigenvalue weighted by atomic mass is 79.9. The Bertz CT molecular complexity index is 304. The van der Waals surface area contributed by atoms with Crippen molar-refractivity contribution in [1.82, 2.24) is 0 Å². The lowest BCUT2D eigenvalue weighted by molar-refractivity contribution is 0.413. The first-order valence-electron chi connectivity index (χ1n) is 3.83. The van der Waals surface area contributed by atoms with Gasteiger partial charge in [-0.1, -0.05) is 27.5 Å². The number of anilines is 1. The molecule has 13 heavy (non-hydrogen) atoms. The van der Waals surface area contributed by atoms with Crippen molar-refractivity contribution >= 4 is 33.2 Å². The average molecular weight is 265 g/mol. The van der Waals surface area contributed by atoms with Crippen LogP contribution >= 0.6 is 27.5 Å². The predicted molar refractivity (Wildman–Crippen MR) is 60.2 cm³/mol. The number of aryl methyl sites for hydroxylation is 1. The molecular formula is C9H11BrClNO. The van der Waals surface area contributed by atoms with Gasteiger partial charge in [-0.25, -0.2) is 0 Å². The van der Waals surface area contributed by atoms with Gasteiger partial charge in [0.25, 0.3) is 0 Å². The molecule has 1 N–H and O–H groups in total. The molecule has 0 aromatic heterocycles. The summed E-state index contributed by atoms with van der Waals surface area (Å²) in [5, 5.41) is 3.83. The van der Waals surface area contributed by atoms with Crippen LogP contribution in [0.5, 0.6) is 5.75 Å². The molecule has 2 nitrogen and oxygen atoms in total. The summed E-state index contributed by atoms with van der Waals surface area (Å²) in [6, 6.07) is 3.72. The molecule has 0 heterocycles. The van der Waals surface area contributed by atoms with Gasteiger partial charge < -0.3 is 10.1 Å². The van der Waals surface area contributed by atoms with Crippen molar-refractivity contribution in [2.24, 2.45) is 0 Å². The maximum Gasteiger partial charge on any atom is 0.144 e. The molecular weight excluding hydrogens is 253 g/mol. The molecule has 0 aliphatic heterocycles. The van der Waals surface area contributed by atoms with Crippen LogP contribution in [-0.2, 0) is 0 Å². The highest BCUT2D eigenvalue weighted by molar-refractivity contribution is 9.09. The van der Waals surface area contributed by atoms with Crippen LogP contribution < -0.4 is 10.1 Å². The van der Waals surface area contributed by atoms with Crippen molar-refractivity contribution in [3.63, 3.8) is 0 Å². The Hall–Kier alpha value is -0.410. The Morgan fingerprint density at radius 1 is 1.54 bits per heavy atom. The summed E-state index contributed by atoms with van der Waals surface area (Å²) >= 11 is 9.19. The molecule has 1 rings (SSSR count). The van der Waals surface area contributed by atoms with Crippen LogP contribution in [0.2, 0.25) is 5.02 Å². The normalized spacial score (nSPS) is 9.85. The average Bonchev–Trinajstić information content (AvgIpc) is 2.04. The van der Waals surface area contributed by atoms with Crippen LogP contribution in [0.3, 0.4) is 0 Å². The van der Waals surface area contributed by atoms with E-state index < -0.39 is 0 Å². The predicted octanol–water partition coefficient (Wildman–Crippen LogP) is 3.42. The molecule has 72 valence electrons. The van der Waals surface area contributed by atoms with Gasteiger partial charge in [0.05, 0.1) is 18.3 Å². The van der Waals surface area contributed by atoms with Gasteiger partial charge in [-0.2, -0.15) is 0 Å². The highest BCUT2D eigenvalue weighted by Gasteiger charge is 2.06. The van der Waals surface area contributed by atoms with E-state index in [9.17, 15) is 0 Å². The molecule has 0 bridgehead atoms. The van der Waals surface area contributed by atoms with E-state index in [1.807, 2.05) is 19.1 Å². The van der Waals surface area contributed by atoms with E-state index in [0.29, 0.717) is 10.5 Å². The molecule has 4 heteroatoms. The van der Waals surface area contributed by atoms with Gasteiger partial charge in [0.15, 0.2) is 0 Å². The first-order valence-corrected chi connectivity index (χ1v) is 5.33. The Morgan fingerprint density at radius 3 is 2.77 bits per heavy atom. The van der Waals surface area contributed by atoms with E-state index in [2.05, 4.69) is 21.2 Å². The number of alkyl halides is 1. The minimum absolute atomic E-state index is 0.670. The monoisotopic (exact) mass is 263 g/mol. The zero-order valence-corrected chi connectivity index (χ0v) is 9.87. The van der Waals surface area contributed by atoms with Crippen molar-refractivity contribution in [2.75, 3.05) is 17.9 Å². The van der Waals surface area contributed by atoms with Crippen molar-refractivity contribution < 1.29 is 4.74 Å². The fourth-order valence-electron chi connectivity index (χ4n) is 1.20. The molecule has 0 saturated carbocycles. The lowest BCUT2D eigenvalue weighted by Crippen LogP contribution is -1.98. The van der Waals surface area contributed by atoms with Gasteiger partial charge in [0, 0.05) is 5.02 Å². The van der Waals surface area contributed by atoms with Crippen LogP contribution in [-0.4, -0.2) is 12.6 Å². The lowest BCUT2D eigenvalue weighted by Gasteiger charge is -2.12. The fourth-order valence-corrected chi connectivity index (χ4v) is 1.78. The minimum atomic E-state index is 0.670. The smallest absolute Gasteiger partial charge is 0.144 e. The largest absolute Gasteiger partial charge is 0.494 e. The molecule has 0 atom stereocenters. The van der Waals surface area contributed by atoms with Crippen LogP contribution in [0.15, 0.2) is 12.1 Å². The summed E-state index contributed by atoms with van der Waals surface area (Å²) in [6.45, 7) is 1.96. The molecule has 0 unspecified atom stereocenters. The third-order valence-electron chi connectivity index (χ3n) is 1.70. The third-order valence-corrected chi connectivity index (χ3v) is 2.20. The number of nitrogens with one attached hydrogen (secondary N) is 1. The number of ether oxygens (including phenoxy) is 1. The maximum absolute atomic E-state index is 5.90. The van der Waals surface area contributed by atoms with Gasteiger partial charge >= 0.3 is 0 Å². The van der Waals surface area contributed by atoms with Crippen molar-refractivity contribution in [1.29, 1.82) is 0 Å². The Morgan fingerprint density at radius 2 is 2.23 bits per heavy atom. The molecule has 0 spiro atoms. The first-order chi connectivity index (χ1) is 6.19. The Kier molecular flexibility index (Phi) is 3.88. The van der Waals surface area contributed by atoms with E-state index in [1.54, 1.807) is 7.11 Å². The minimum Gasteiger partial charge on any atom is -0.494 e. The van der Waals surface area contributed by atoms with E-state index in [-0.39, 0.29) is 0 Å². The van der Waals surface area contributed by atoms with E-state index in [4.69, 9.17) is 16.3 Å². The van der Waals surface area contributed by atoms with Gasteiger partial charge in [0.2, 0.25) is 0 Å². The van der Waals surface area contributed by atoms with Crippen LogP contribution in [0.1, 0.15) is 5.56 Å². The summed E-state index contributed by atoms with van der Waals surface area (Å²) in [7, 11) is 1.65. The number of benzene rings is 1. The second-order valence-electron chi connectivity index (χ2n) is 2.61. The summed E-state index contributed by atoms with van der Waals surface area (Å²) in [5.74, 6) is 0.837. The summed E-state index contributed by atoms with van der Waals surface area (Å²) in [4.78, 5) is 0.